The second-order valence-electron chi connectivity index (χ2n) is 4.01. The van der Waals surface area contributed by atoms with Gasteiger partial charge in [0.25, 0.3) is 0 Å². The highest BCUT2D eigenvalue weighted by molar-refractivity contribution is 4.48. The van der Waals surface area contributed by atoms with Gasteiger partial charge in [-0.2, -0.15) is 0 Å². The average Bonchev–Trinajstić information content (AvgIpc) is 2.14. The Balaban J connectivity index is 2.93. The summed E-state index contributed by atoms with van der Waals surface area (Å²) in [6.45, 7) is 0. The minimum Gasteiger partial charge on any atom is -0.368 e. The first-order valence-corrected chi connectivity index (χ1v) is 5.85. The van der Waals surface area contributed by atoms with Gasteiger partial charge in [-0.25, -0.2) is 0 Å². The number of unbranched alkanes of at least 4 members (excludes halogenated alkanes) is 6. The normalized spacial score (nSPS) is 11.6. The minimum absolute atomic E-state index is 0.469. The van der Waals surface area contributed by atoms with E-state index in [1.807, 2.05) is 0 Å². The second kappa shape index (κ2) is 10.4. The maximum atomic E-state index is 8.59. The molecule has 0 aliphatic heterocycles. The van der Waals surface area contributed by atoms with Crippen LogP contribution in [0.4, 0.5) is 0 Å². The zero-order valence-electron chi connectivity index (χ0n) is 9.31. The van der Waals surface area contributed by atoms with Crippen LogP contribution in [0.25, 0.3) is 0 Å². The van der Waals surface area contributed by atoms with Crippen molar-refractivity contribution < 1.29 is 20.4 Å². The van der Waals surface area contributed by atoms with E-state index in [2.05, 4.69) is 0 Å². The van der Waals surface area contributed by atoms with E-state index >= 15 is 0 Å². The smallest absolute Gasteiger partial charge is 0.151 e. The quantitative estimate of drug-likeness (QED) is 0.328. The Labute approximate surface area is 91.6 Å². The number of aliphatic hydroxyl groups is 4. The summed E-state index contributed by atoms with van der Waals surface area (Å²) in [5.74, 6) is 0. The largest absolute Gasteiger partial charge is 0.368 e. The molecule has 0 fully saturated rings. The molecule has 0 amide bonds. The third-order valence-corrected chi connectivity index (χ3v) is 2.42. The van der Waals surface area contributed by atoms with Gasteiger partial charge in [-0.05, 0) is 25.7 Å². The van der Waals surface area contributed by atoms with Crippen molar-refractivity contribution in [2.75, 3.05) is 0 Å². The fourth-order valence-electron chi connectivity index (χ4n) is 1.54. The fraction of sp³-hybridized carbons (Fsp3) is 1.00. The molecule has 0 unspecified atom stereocenters. The molecule has 0 atom stereocenters. The first-order chi connectivity index (χ1) is 7.13. The lowest BCUT2D eigenvalue weighted by molar-refractivity contribution is -0.0469. The Morgan fingerprint density at radius 2 is 0.733 bits per heavy atom. The van der Waals surface area contributed by atoms with E-state index in [1.54, 1.807) is 0 Å². The molecule has 4 N–H and O–H groups in total. The van der Waals surface area contributed by atoms with Crippen LogP contribution < -0.4 is 0 Å². The van der Waals surface area contributed by atoms with E-state index < -0.39 is 12.6 Å². The summed E-state index contributed by atoms with van der Waals surface area (Å²) in [4.78, 5) is 0. The fourth-order valence-corrected chi connectivity index (χ4v) is 1.54. The summed E-state index contributed by atoms with van der Waals surface area (Å²) >= 11 is 0. The topological polar surface area (TPSA) is 80.9 Å². The summed E-state index contributed by atoms with van der Waals surface area (Å²) in [5, 5.41) is 34.3. The molecule has 0 bridgehead atoms. The van der Waals surface area contributed by atoms with Crippen molar-refractivity contribution in [1.29, 1.82) is 0 Å². The Morgan fingerprint density at radius 3 is 1.00 bits per heavy atom. The van der Waals surface area contributed by atoms with Crippen LogP contribution in [0, 0.1) is 0 Å². The van der Waals surface area contributed by atoms with Gasteiger partial charge >= 0.3 is 0 Å². The zero-order chi connectivity index (χ0) is 11.5. The van der Waals surface area contributed by atoms with Gasteiger partial charge in [0.2, 0.25) is 0 Å². The van der Waals surface area contributed by atoms with Gasteiger partial charge in [-0.1, -0.05) is 32.1 Å². The van der Waals surface area contributed by atoms with Gasteiger partial charge in [0.15, 0.2) is 12.6 Å². The van der Waals surface area contributed by atoms with E-state index in [0.717, 1.165) is 44.9 Å². The Kier molecular flexibility index (Phi) is 10.3. The lowest BCUT2D eigenvalue weighted by atomic mass is 10.1. The molecular weight excluding hydrogens is 196 g/mol. The number of rotatable bonds is 10. The van der Waals surface area contributed by atoms with Crippen molar-refractivity contribution in [3.8, 4) is 0 Å². The maximum Gasteiger partial charge on any atom is 0.151 e. The van der Waals surface area contributed by atoms with Crippen molar-refractivity contribution in [1.82, 2.24) is 0 Å². The van der Waals surface area contributed by atoms with Crippen molar-refractivity contribution in [2.45, 2.75) is 70.4 Å². The van der Waals surface area contributed by atoms with Crippen LogP contribution in [-0.4, -0.2) is 33.0 Å². The third-order valence-electron chi connectivity index (χ3n) is 2.42. The number of hydrogen-bond acceptors (Lipinski definition) is 4. The van der Waals surface area contributed by atoms with Crippen LogP contribution >= 0.6 is 0 Å². The lowest BCUT2D eigenvalue weighted by Crippen LogP contribution is -2.03. The van der Waals surface area contributed by atoms with Crippen LogP contribution in [-0.2, 0) is 0 Å². The Hall–Kier alpha value is -0.160. The molecule has 0 aliphatic rings. The third kappa shape index (κ3) is 13.8. The van der Waals surface area contributed by atoms with Gasteiger partial charge in [-0.3, -0.25) is 0 Å². The Morgan fingerprint density at radius 1 is 0.467 bits per heavy atom. The molecule has 0 saturated heterocycles. The summed E-state index contributed by atoms with van der Waals surface area (Å²) < 4.78 is 0. The summed E-state index contributed by atoms with van der Waals surface area (Å²) in [7, 11) is 0. The number of hydrogen-bond donors (Lipinski definition) is 4. The van der Waals surface area contributed by atoms with E-state index in [-0.39, 0.29) is 0 Å². The van der Waals surface area contributed by atoms with Gasteiger partial charge in [-0.15, -0.1) is 0 Å². The monoisotopic (exact) mass is 220 g/mol. The van der Waals surface area contributed by atoms with Gasteiger partial charge < -0.3 is 20.4 Å². The summed E-state index contributed by atoms with van der Waals surface area (Å²) in [5.41, 5.74) is 0. The summed E-state index contributed by atoms with van der Waals surface area (Å²) in [6, 6.07) is 0. The van der Waals surface area contributed by atoms with E-state index in [0.29, 0.717) is 12.8 Å². The standard InChI is InChI=1S/C11H24O4/c12-10(13)8-6-4-2-1-3-5-7-9-11(14)15/h10-15H,1-9H2. The first-order valence-electron chi connectivity index (χ1n) is 5.85. The van der Waals surface area contributed by atoms with Crippen molar-refractivity contribution >= 4 is 0 Å². The molecule has 15 heavy (non-hydrogen) atoms. The van der Waals surface area contributed by atoms with Gasteiger partial charge in [0.05, 0.1) is 0 Å². The lowest BCUT2D eigenvalue weighted by Gasteiger charge is -2.04. The average molecular weight is 220 g/mol. The van der Waals surface area contributed by atoms with E-state index in [1.165, 1.54) is 0 Å². The Bertz CT molecular complexity index is 112. The van der Waals surface area contributed by atoms with Gasteiger partial charge in [0, 0.05) is 0 Å². The molecule has 4 heteroatoms. The highest BCUT2D eigenvalue weighted by atomic mass is 16.5. The molecule has 92 valence electrons. The molecular formula is C11H24O4. The van der Waals surface area contributed by atoms with E-state index in [4.69, 9.17) is 20.4 Å². The predicted octanol–water partition coefficient (Wildman–Crippen LogP) is 1.12. The molecule has 0 aromatic heterocycles. The van der Waals surface area contributed by atoms with Crippen molar-refractivity contribution in [3.63, 3.8) is 0 Å². The minimum atomic E-state index is -1.16. The van der Waals surface area contributed by atoms with Crippen LogP contribution in [0.3, 0.4) is 0 Å². The molecule has 0 heterocycles. The van der Waals surface area contributed by atoms with E-state index in [9.17, 15) is 0 Å². The SMILES string of the molecule is OC(O)CCCCCCCCCC(O)O. The molecule has 0 saturated carbocycles. The first kappa shape index (κ1) is 14.8. The second-order valence-corrected chi connectivity index (χ2v) is 4.01. The van der Waals surface area contributed by atoms with Crippen LogP contribution in [0.15, 0.2) is 0 Å². The molecule has 0 aliphatic carbocycles. The molecule has 0 radical (unpaired) electrons. The molecule has 0 rings (SSSR count). The molecule has 0 spiro atoms. The maximum absolute atomic E-state index is 8.59. The van der Waals surface area contributed by atoms with Crippen LogP contribution in [0.1, 0.15) is 57.8 Å². The van der Waals surface area contributed by atoms with Gasteiger partial charge in [0.1, 0.15) is 0 Å². The highest BCUT2D eigenvalue weighted by Gasteiger charge is 1.98. The summed E-state index contributed by atoms with van der Waals surface area (Å²) in [6.07, 6.45) is 5.83. The molecule has 0 aromatic rings. The molecule has 0 aromatic carbocycles. The molecule has 4 nitrogen and oxygen atoms in total. The highest BCUT2D eigenvalue weighted by Crippen LogP contribution is 2.10. The van der Waals surface area contributed by atoms with Crippen LogP contribution in [0.5, 0.6) is 0 Å². The number of aliphatic hydroxyl groups excluding tert-OH is 2. The predicted molar refractivity (Wildman–Crippen MR) is 58.0 cm³/mol. The van der Waals surface area contributed by atoms with Crippen LogP contribution in [0.2, 0.25) is 0 Å². The van der Waals surface area contributed by atoms with Crippen molar-refractivity contribution in [2.24, 2.45) is 0 Å². The zero-order valence-corrected chi connectivity index (χ0v) is 9.31. The van der Waals surface area contributed by atoms with Crippen molar-refractivity contribution in [3.05, 3.63) is 0 Å².